The zero-order valence-corrected chi connectivity index (χ0v) is 13.9. The van der Waals surface area contributed by atoms with E-state index in [0.29, 0.717) is 11.8 Å². The predicted molar refractivity (Wildman–Crippen MR) is 83.3 cm³/mol. The number of halogens is 1. The van der Waals surface area contributed by atoms with Crippen molar-refractivity contribution in [2.45, 2.75) is 57.8 Å². The van der Waals surface area contributed by atoms with Crippen LogP contribution in [-0.4, -0.2) is 5.75 Å². The summed E-state index contributed by atoms with van der Waals surface area (Å²) in [5, 5.41) is 0. The summed E-state index contributed by atoms with van der Waals surface area (Å²) in [4.78, 5) is 1.47. The number of rotatable bonds is 5. The zero-order valence-electron chi connectivity index (χ0n) is 11.5. The van der Waals surface area contributed by atoms with Gasteiger partial charge in [0.05, 0.1) is 0 Å². The lowest BCUT2D eigenvalue weighted by Gasteiger charge is -2.17. The van der Waals surface area contributed by atoms with Gasteiger partial charge in [-0.25, -0.2) is 0 Å². The van der Waals surface area contributed by atoms with Gasteiger partial charge in [-0.3, -0.25) is 0 Å². The highest BCUT2D eigenvalue weighted by molar-refractivity contribution is 9.10. The van der Waals surface area contributed by atoms with Crippen molar-refractivity contribution in [3.63, 3.8) is 0 Å². The lowest BCUT2D eigenvalue weighted by Crippen LogP contribution is -1.97. The van der Waals surface area contributed by atoms with Gasteiger partial charge in [0, 0.05) is 9.37 Å². The molecule has 0 bridgehead atoms. The lowest BCUT2D eigenvalue weighted by atomic mass is 9.97. The van der Waals surface area contributed by atoms with Crippen LogP contribution in [0.1, 0.15) is 64.0 Å². The second-order valence-electron chi connectivity index (χ2n) is 5.07. The standard InChI is InChI=1S/C15H23BrS/c1-6-7-17-15-9-12(10(2)3)14(16)8-13(15)11(4)5/h8-11H,6-7H2,1-5H3. The molecule has 0 saturated heterocycles. The molecular formula is C15H23BrS. The maximum atomic E-state index is 3.71. The molecule has 1 rings (SSSR count). The van der Waals surface area contributed by atoms with E-state index in [-0.39, 0.29) is 0 Å². The van der Waals surface area contributed by atoms with Crippen LogP contribution in [0.25, 0.3) is 0 Å². The average Bonchev–Trinajstić information content (AvgIpc) is 2.26. The van der Waals surface area contributed by atoms with Crippen molar-refractivity contribution in [3.8, 4) is 0 Å². The monoisotopic (exact) mass is 314 g/mol. The van der Waals surface area contributed by atoms with Gasteiger partial charge in [-0.1, -0.05) is 50.5 Å². The number of hydrogen-bond acceptors (Lipinski definition) is 1. The van der Waals surface area contributed by atoms with E-state index in [4.69, 9.17) is 0 Å². The molecule has 0 fully saturated rings. The first-order valence-electron chi connectivity index (χ1n) is 6.43. The Labute approximate surface area is 119 Å². The molecule has 1 aromatic carbocycles. The Morgan fingerprint density at radius 2 is 1.65 bits per heavy atom. The highest BCUT2D eigenvalue weighted by Crippen LogP contribution is 2.36. The van der Waals surface area contributed by atoms with Crippen LogP contribution in [0.4, 0.5) is 0 Å². The van der Waals surface area contributed by atoms with Crippen LogP contribution in [0.15, 0.2) is 21.5 Å². The van der Waals surface area contributed by atoms with E-state index in [2.05, 4.69) is 62.7 Å². The van der Waals surface area contributed by atoms with Crippen LogP contribution >= 0.6 is 27.7 Å². The van der Waals surface area contributed by atoms with Crippen LogP contribution in [0.2, 0.25) is 0 Å². The summed E-state index contributed by atoms with van der Waals surface area (Å²) < 4.78 is 1.26. The molecule has 0 radical (unpaired) electrons. The van der Waals surface area contributed by atoms with Crippen molar-refractivity contribution in [2.75, 3.05) is 5.75 Å². The second kappa shape index (κ2) is 6.84. The Bertz CT molecular complexity index is 369. The number of thioether (sulfide) groups is 1. The summed E-state index contributed by atoms with van der Waals surface area (Å²) in [6, 6.07) is 4.70. The van der Waals surface area contributed by atoms with Crippen molar-refractivity contribution in [1.29, 1.82) is 0 Å². The van der Waals surface area contributed by atoms with Crippen LogP contribution in [0.5, 0.6) is 0 Å². The van der Waals surface area contributed by atoms with Crippen molar-refractivity contribution >= 4 is 27.7 Å². The summed E-state index contributed by atoms with van der Waals surface area (Å²) in [5.41, 5.74) is 2.90. The first kappa shape index (κ1) is 15.1. The molecule has 0 aliphatic rings. The van der Waals surface area contributed by atoms with Crippen molar-refractivity contribution in [2.24, 2.45) is 0 Å². The fourth-order valence-electron chi connectivity index (χ4n) is 1.82. The highest BCUT2D eigenvalue weighted by Gasteiger charge is 2.13. The number of benzene rings is 1. The Hall–Kier alpha value is 0.0500. The lowest BCUT2D eigenvalue weighted by molar-refractivity contribution is 0.816. The maximum Gasteiger partial charge on any atom is 0.0213 e. The molecule has 0 unspecified atom stereocenters. The van der Waals surface area contributed by atoms with Crippen LogP contribution < -0.4 is 0 Å². The Morgan fingerprint density at radius 3 is 2.12 bits per heavy atom. The zero-order chi connectivity index (χ0) is 13.0. The fraction of sp³-hybridized carbons (Fsp3) is 0.600. The first-order valence-corrected chi connectivity index (χ1v) is 8.21. The molecule has 0 aliphatic heterocycles. The van der Waals surface area contributed by atoms with Gasteiger partial charge in [0.25, 0.3) is 0 Å². The molecule has 96 valence electrons. The highest BCUT2D eigenvalue weighted by atomic mass is 79.9. The fourth-order valence-corrected chi connectivity index (χ4v) is 3.73. The summed E-state index contributed by atoms with van der Waals surface area (Å²) in [6.07, 6.45) is 1.23. The topological polar surface area (TPSA) is 0 Å². The third kappa shape index (κ3) is 4.03. The molecule has 0 N–H and O–H groups in total. The van der Waals surface area contributed by atoms with E-state index >= 15 is 0 Å². The Kier molecular flexibility index (Phi) is 6.08. The smallest absolute Gasteiger partial charge is 0.0213 e. The van der Waals surface area contributed by atoms with Gasteiger partial charge < -0.3 is 0 Å². The van der Waals surface area contributed by atoms with Crippen molar-refractivity contribution in [3.05, 3.63) is 27.7 Å². The van der Waals surface area contributed by atoms with Crippen LogP contribution in [0.3, 0.4) is 0 Å². The Morgan fingerprint density at radius 1 is 1.06 bits per heavy atom. The van der Waals surface area contributed by atoms with Gasteiger partial charge in [-0.05, 0) is 47.3 Å². The molecule has 0 saturated carbocycles. The van der Waals surface area contributed by atoms with E-state index in [1.807, 2.05) is 11.8 Å². The second-order valence-corrected chi connectivity index (χ2v) is 7.06. The minimum Gasteiger partial charge on any atom is -0.126 e. The van der Waals surface area contributed by atoms with E-state index in [1.165, 1.54) is 32.7 Å². The Balaban J connectivity index is 3.17. The van der Waals surface area contributed by atoms with E-state index in [0.717, 1.165) is 0 Å². The molecule has 0 amide bonds. The molecule has 0 aromatic heterocycles. The summed E-state index contributed by atoms with van der Waals surface area (Å²) in [5.74, 6) is 2.37. The normalized spacial score (nSPS) is 11.5. The quantitative estimate of drug-likeness (QED) is 0.583. The van der Waals surface area contributed by atoms with Gasteiger partial charge in [0.1, 0.15) is 0 Å². The van der Waals surface area contributed by atoms with Gasteiger partial charge in [-0.15, -0.1) is 11.8 Å². The first-order chi connectivity index (χ1) is 7.97. The molecule has 0 spiro atoms. The summed E-state index contributed by atoms with van der Waals surface area (Å²) in [7, 11) is 0. The van der Waals surface area contributed by atoms with Crippen LogP contribution in [0, 0.1) is 0 Å². The summed E-state index contributed by atoms with van der Waals surface area (Å²) >= 11 is 5.70. The van der Waals surface area contributed by atoms with Gasteiger partial charge in [0.15, 0.2) is 0 Å². The van der Waals surface area contributed by atoms with Gasteiger partial charge in [-0.2, -0.15) is 0 Å². The van der Waals surface area contributed by atoms with Gasteiger partial charge in [0.2, 0.25) is 0 Å². The molecule has 0 heterocycles. The SMILES string of the molecule is CCCSc1cc(C(C)C)c(Br)cc1C(C)C. The molecule has 0 aliphatic carbocycles. The van der Waals surface area contributed by atoms with E-state index in [9.17, 15) is 0 Å². The molecular weight excluding hydrogens is 292 g/mol. The predicted octanol–water partition coefficient (Wildman–Crippen LogP) is 6.20. The van der Waals surface area contributed by atoms with Crippen molar-refractivity contribution in [1.82, 2.24) is 0 Å². The van der Waals surface area contributed by atoms with Crippen molar-refractivity contribution < 1.29 is 0 Å². The molecule has 17 heavy (non-hydrogen) atoms. The minimum absolute atomic E-state index is 0.576. The summed E-state index contributed by atoms with van der Waals surface area (Å²) in [6.45, 7) is 11.3. The average molecular weight is 315 g/mol. The van der Waals surface area contributed by atoms with E-state index in [1.54, 1.807) is 0 Å². The third-order valence-electron chi connectivity index (χ3n) is 2.83. The van der Waals surface area contributed by atoms with Gasteiger partial charge >= 0.3 is 0 Å². The molecule has 0 atom stereocenters. The molecule has 1 aromatic rings. The molecule has 0 nitrogen and oxygen atoms in total. The number of hydrogen-bond donors (Lipinski definition) is 0. The maximum absolute atomic E-state index is 3.71. The molecule has 2 heteroatoms. The third-order valence-corrected chi connectivity index (χ3v) is 4.80. The largest absolute Gasteiger partial charge is 0.126 e. The van der Waals surface area contributed by atoms with E-state index < -0.39 is 0 Å². The van der Waals surface area contributed by atoms with Crippen LogP contribution in [-0.2, 0) is 0 Å². The minimum atomic E-state index is 0.576.